The first kappa shape index (κ1) is 23.7. The maximum atomic E-state index is 12.6. The Bertz CT molecular complexity index is 937. The van der Waals surface area contributed by atoms with Crippen LogP contribution in [-0.4, -0.2) is 88.7 Å². The number of ether oxygens (including phenoxy) is 1. The van der Waals surface area contributed by atoms with Gasteiger partial charge in [-0.1, -0.05) is 0 Å². The Morgan fingerprint density at radius 2 is 1.73 bits per heavy atom. The van der Waals surface area contributed by atoms with Crippen LogP contribution in [0.5, 0.6) is 5.88 Å². The van der Waals surface area contributed by atoms with Gasteiger partial charge in [0.15, 0.2) is 6.29 Å². The molecule has 13 nitrogen and oxygen atoms in total. The number of aliphatic imine (C=N–C) groups is 1. The van der Waals surface area contributed by atoms with Crippen molar-refractivity contribution in [3.05, 3.63) is 26.4 Å². The van der Waals surface area contributed by atoms with Gasteiger partial charge >= 0.3 is 11.7 Å². The molecule has 30 heavy (non-hydrogen) atoms. The first-order chi connectivity index (χ1) is 14.0. The molecule has 5 atom stereocenters. The van der Waals surface area contributed by atoms with E-state index in [0.717, 1.165) is 4.57 Å². The van der Waals surface area contributed by atoms with Crippen molar-refractivity contribution in [2.75, 3.05) is 6.61 Å². The molecule has 1 saturated heterocycles. The molecule has 0 spiro atoms. The van der Waals surface area contributed by atoms with Crippen LogP contribution in [0.25, 0.3) is 0 Å². The van der Waals surface area contributed by atoms with Crippen LogP contribution in [-0.2, 0) is 23.6 Å². The van der Waals surface area contributed by atoms with E-state index in [2.05, 4.69) is 4.99 Å². The average Bonchev–Trinajstić information content (AvgIpc) is 2.70. The molecule has 0 unspecified atom stereocenters. The van der Waals surface area contributed by atoms with Gasteiger partial charge in [-0.2, -0.15) is 0 Å². The van der Waals surface area contributed by atoms with Crippen LogP contribution in [0.3, 0.4) is 0 Å². The number of aromatic nitrogens is 2. The predicted octanol–water partition coefficient (Wildman–Crippen LogP) is -3.37. The van der Waals surface area contributed by atoms with Crippen LogP contribution in [0.15, 0.2) is 14.6 Å². The van der Waals surface area contributed by atoms with E-state index in [0.29, 0.717) is 4.57 Å². The highest BCUT2D eigenvalue weighted by Gasteiger charge is 2.44. The van der Waals surface area contributed by atoms with E-state index in [9.17, 15) is 34.8 Å². The average molecular weight is 431 g/mol. The SMILES string of the molecule is Cn1c(O)c(C(CCCC(=O)O)=N[C@@H]2[C@@H](O)[C@H](O)[C@@H](CO)O[C@@H]2O)c(=O)n(C)c1=O. The number of rotatable bonds is 7. The zero-order valence-corrected chi connectivity index (χ0v) is 16.4. The number of carboxylic acid groups (broad SMARTS) is 1. The van der Waals surface area contributed by atoms with Gasteiger partial charge in [0.2, 0.25) is 5.88 Å². The number of hydrogen-bond donors (Lipinski definition) is 6. The summed E-state index contributed by atoms with van der Waals surface area (Å²) in [7, 11) is 2.38. The lowest BCUT2D eigenvalue weighted by Gasteiger charge is -2.38. The highest BCUT2D eigenvalue weighted by Crippen LogP contribution is 2.24. The van der Waals surface area contributed by atoms with Crippen molar-refractivity contribution < 1.29 is 40.2 Å². The molecule has 0 saturated carbocycles. The van der Waals surface area contributed by atoms with Gasteiger partial charge < -0.3 is 35.4 Å². The molecular formula is C17H25N3O10. The summed E-state index contributed by atoms with van der Waals surface area (Å²) in [6.45, 7) is -0.681. The van der Waals surface area contributed by atoms with Gasteiger partial charge in [-0.3, -0.25) is 23.7 Å². The van der Waals surface area contributed by atoms with Gasteiger partial charge in [-0.25, -0.2) is 4.79 Å². The number of aliphatic hydroxyl groups is 4. The molecule has 0 radical (unpaired) electrons. The second-order valence-corrected chi connectivity index (χ2v) is 6.95. The number of carbonyl (C=O) groups is 1. The van der Waals surface area contributed by atoms with Crippen LogP contribution in [0.1, 0.15) is 24.8 Å². The lowest BCUT2D eigenvalue weighted by Crippen LogP contribution is -2.58. The minimum atomic E-state index is -1.77. The van der Waals surface area contributed by atoms with E-state index in [-0.39, 0.29) is 25.0 Å². The summed E-state index contributed by atoms with van der Waals surface area (Å²) in [5.41, 5.74) is -2.33. The lowest BCUT2D eigenvalue weighted by atomic mass is 9.96. The topological polar surface area (TPSA) is 204 Å². The second kappa shape index (κ2) is 9.49. The molecule has 168 valence electrons. The van der Waals surface area contributed by atoms with Crippen molar-refractivity contribution in [3.63, 3.8) is 0 Å². The van der Waals surface area contributed by atoms with Gasteiger partial charge in [-0.15, -0.1) is 0 Å². The fraction of sp³-hybridized carbons (Fsp3) is 0.647. The van der Waals surface area contributed by atoms with Crippen molar-refractivity contribution in [2.45, 2.75) is 49.9 Å². The smallest absolute Gasteiger partial charge is 0.333 e. The number of aliphatic hydroxyl groups excluding tert-OH is 4. The molecule has 0 aliphatic carbocycles. The fourth-order valence-corrected chi connectivity index (χ4v) is 3.15. The van der Waals surface area contributed by atoms with Crippen molar-refractivity contribution in [2.24, 2.45) is 19.1 Å². The Kier molecular flexibility index (Phi) is 7.49. The minimum Gasteiger partial charge on any atom is -0.494 e. The van der Waals surface area contributed by atoms with Crippen molar-refractivity contribution >= 4 is 11.7 Å². The highest BCUT2D eigenvalue weighted by atomic mass is 16.6. The van der Waals surface area contributed by atoms with Crippen LogP contribution < -0.4 is 11.2 Å². The number of aromatic hydroxyl groups is 1. The maximum absolute atomic E-state index is 12.6. The standard InChI is InChI=1S/C17H25N3O10/c1-19-14(26)10(15(27)20(2)17(19)29)7(4-3-5-9(22)23)18-11-13(25)12(24)8(6-21)30-16(11)28/h8,11-13,16,21,24-26,28H,3-6H2,1-2H3,(H,22,23)/t8-,11-,12-,13-,16+/m1/s1. The second-order valence-electron chi connectivity index (χ2n) is 6.95. The van der Waals surface area contributed by atoms with Gasteiger partial charge in [-0.05, 0) is 12.8 Å². The summed E-state index contributed by atoms with van der Waals surface area (Å²) in [5, 5.41) is 58.9. The van der Waals surface area contributed by atoms with Crippen molar-refractivity contribution in [1.29, 1.82) is 0 Å². The summed E-state index contributed by atoms with van der Waals surface area (Å²) in [6, 6.07) is -1.51. The third-order valence-electron chi connectivity index (χ3n) is 4.90. The van der Waals surface area contributed by atoms with Crippen molar-refractivity contribution in [3.8, 4) is 5.88 Å². The van der Waals surface area contributed by atoms with E-state index in [4.69, 9.17) is 14.9 Å². The Labute approximate surface area is 169 Å². The minimum absolute atomic E-state index is 0.0127. The number of carboxylic acids is 1. The lowest BCUT2D eigenvalue weighted by molar-refractivity contribution is -0.248. The summed E-state index contributed by atoms with van der Waals surface area (Å²) >= 11 is 0. The molecule has 2 rings (SSSR count). The molecule has 1 aromatic rings. The Hall–Kier alpha value is -2.58. The van der Waals surface area contributed by atoms with Crippen LogP contribution in [0.2, 0.25) is 0 Å². The maximum Gasteiger partial charge on any atom is 0.333 e. The summed E-state index contributed by atoms with van der Waals surface area (Å²) in [5.74, 6) is -1.85. The molecule has 1 aliphatic heterocycles. The highest BCUT2D eigenvalue weighted by molar-refractivity contribution is 6.02. The molecule has 0 aromatic carbocycles. The molecule has 1 aliphatic rings. The van der Waals surface area contributed by atoms with E-state index in [1.54, 1.807) is 0 Å². The monoisotopic (exact) mass is 431 g/mol. The normalized spacial score (nSPS) is 27.3. The molecule has 6 N–H and O–H groups in total. The van der Waals surface area contributed by atoms with Crippen LogP contribution in [0.4, 0.5) is 0 Å². The number of nitrogens with zero attached hydrogens (tertiary/aromatic N) is 3. The largest absolute Gasteiger partial charge is 0.494 e. The Balaban J connectivity index is 2.58. The van der Waals surface area contributed by atoms with Crippen LogP contribution >= 0.6 is 0 Å². The molecule has 13 heteroatoms. The molecule has 2 heterocycles. The summed E-state index contributed by atoms with van der Waals surface area (Å²) in [6.07, 6.45) is -6.82. The van der Waals surface area contributed by atoms with E-state index in [1.165, 1.54) is 14.1 Å². The predicted molar refractivity (Wildman–Crippen MR) is 100 cm³/mol. The third-order valence-corrected chi connectivity index (χ3v) is 4.90. The zero-order valence-electron chi connectivity index (χ0n) is 16.4. The van der Waals surface area contributed by atoms with Gasteiger partial charge in [0.1, 0.15) is 29.9 Å². The summed E-state index contributed by atoms with van der Waals surface area (Å²) < 4.78 is 6.52. The van der Waals surface area contributed by atoms with Gasteiger partial charge in [0.25, 0.3) is 5.56 Å². The van der Waals surface area contributed by atoms with Crippen LogP contribution in [0, 0.1) is 0 Å². The Morgan fingerprint density at radius 3 is 2.30 bits per heavy atom. The first-order valence-corrected chi connectivity index (χ1v) is 9.09. The zero-order chi connectivity index (χ0) is 22.7. The van der Waals surface area contributed by atoms with E-state index >= 15 is 0 Å². The molecule has 0 bridgehead atoms. The molecule has 0 amide bonds. The first-order valence-electron chi connectivity index (χ1n) is 9.09. The molecular weight excluding hydrogens is 406 g/mol. The number of hydrogen-bond acceptors (Lipinski definition) is 10. The number of aliphatic carboxylic acids is 1. The summed E-state index contributed by atoms with van der Waals surface area (Å²) in [4.78, 5) is 39.5. The quantitative estimate of drug-likeness (QED) is 0.236. The third kappa shape index (κ3) is 4.60. The van der Waals surface area contributed by atoms with Gasteiger partial charge in [0.05, 0.1) is 12.3 Å². The molecule has 1 fully saturated rings. The fourth-order valence-electron chi connectivity index (χ4n) is 3.15. The Morgan fingerprint density at radius 1 is 1.10 bits per heavy atom. The van der Waals surface area contributed by atoms with E-state index in [1.807, 2.05) is 0 Å². The van der Waals surface area contributed by atoms with E-state index < -0.39 is 65.9 Å². The van der Waals surface area contributed by atoms with Crippen molar-refractivity contribution in [1.82, 2.24) is 9.13 Å². The van der Waals surface area contributed by atoms with Gasteiger partial charge in [0, 0.05) is 20.5 Å². The molecule has 1 aromatic heterocycles.